The fraction of sp³-hybridized carbons (Fsp3) is 0.300. The van der Waals surface area contributed by atoms with Gasteiger partial charge in [0, 0.05) is 29.6 Å². The summed E-state index contributed by atoms with van der Waals surface area (Å²) in [4.78, 5) is 10.5. The first-order valence-corrected chi connectivity index (χ1v) is 4.17. The molecule has 0 aliphatic carbocycles. The molecule has 1 unspecified atom stereocenters. The van der Waals surface area contributed by atoms with Crippen LogP contribution in [0.2, 0.25) is 0 Å². The van der Waals surface area contributed by atoms with E-state index in [-0.39, 0.29) is 29.6 Å². The predicted molar refractivity (Wildman–Crippen MR) is 56.5 cm³/mol. The number of rotatable bonds is 4. The molecule has 1 radical (unpaired) electrons. The molecule has 1 rings (SSSR count). The van der Waals surface area contributed by atoms with Crippen molar-refractivity contribution in [3.8, 4) is 11.5 Å². The largest absolute Gasteiger partial charge is 0.497 e. The quantitative estimate of drug-likeness (QED) is 0.772. The van der Waals surface area contributed by atoms with Crippen molar-refractivity contribution in [1.29, 1.82) is 0 Å². The molecule has 0 fully saturated rings. The van der Waals surface area contributed by atoms with E-state index in [1.54, 1.807) is 31.4 Å². The van der Waals surface area contributed by atoms with Crippen LogP contribution in [0.1, 0.15) is 6.92 Å². The van der Waals surface area contributed by atoms with Crippen LogP contribution in [0.4, 0.5) is 0 Å². The van der Waals surface area contributed by atoms with Crippen molar-refractivity contribution in [2.45, 2.75) is 13.0 Å². The van der Waals surface area contributed by atoms with Gasteiger partial charge in [-0.15, -0.1) is 0 Å². The Morgan fingerprint density at radius 1 is 1.27 bits per heavy atom. The second-order valence-electron chi connectivity index (χ2n) is 2.77. The van der Waals surface area contributed by atoms with Crippen LogP contribution in [0.5, 0.6) is 11.5 Å². The van der Waals surface area contributed by atoms with Crippen molar-refractivity contribution in [3.05, 3.63) is 24.3 Å². The maximum Gasteiger partial charge on any atom is 0.344 e. The second-order valence-corrected chi connectivity index (χ2v) is 2.77. The van der Waals surface area contributed by atoms with E-state index < -0.39 is 12.1 Å². The molecule has 0 saturated carbocycles. The Morgan fingerprint density at radius 3 is 2.13 bits per heavy atom. The summed E-state index contributed by atoms with van der Waals surface area (Å²) >= 11 is 0. The van der Waals surface area contributed by atoms with Gasteiger partial charge >= 0.3 is 5.97 Å². The van der Waals surface area contributed by atoms with Gasteiger partial charge in [0.05, 0.1) is 7.11 Å². The zero-order valence-corrected chi connectivity index (χ0v) is 11.1. The van der Waals surface area contributed by atoms with Crippen LogP contribution in [-0.4, -0.2) is 53.8 Å². The SMILES string of the molecule is COc1ccc(OC(C)C(=O)O)cc1.[Na]. The predicted octanol–water partition coefficient (Wildman–Crippen LogP) is 1.17. The second kappa shape index (κ2) is 6.71. The molecular weight excluding hydrogens is 207 g/mol. The van der Waals surface area contributed by atoms with Gasteiger partial charge in [0.1, 0.15) is 11.5 Å². The van der Waals surface area contributed by atoms with E-state index in [4.69, 9.17) is 14.6 Å². The third kappa shape index (κ3) is 4.55. The molecule has 1 aromatic carbocycles. The van der Waals surface area contributed by atoms with Gasteiger partial charge in [-0.05, 0) is 31.2 Å². The van der Waals surface area contributed by atoms with Crippen LogP contribution >= 0.6 is 0 Å². The van der Waals surface area contributed by atoms with E-state index in [2.05, 4.69) is 0 Å². The van der Waals surface area contributed by atoms with Crippen molar-refractivity contribution >= 4 is 35.5 Å². The van der Waals surface area contributed by atoms with Crippen molar-refractivity contribution in [2.75, 3.05) is 7.11 Å². The van der Waals surface area contributed by atoms with Crippen molar-refractivity contribution in [2.24, 2.45) is 0 Å². The summed E-state index contributed by atoms with van der Waals surface area (Å²) in [6.45, 7) is 1.48. The molecular formula is C10H12NaO4. The summed E-state index contributed by atoms with van der Waals surface area (Å²) < 4.78 is 10.1. The summed E-state index contributed by atoms with van der Waals surface area (Å²) in [6.07, 6.45) is -0.844. The zero-order chi connectivity index (χ0) is 10.6. The minimum Gasteiger partial charge on any atom is -0.497 e. The van der Waals surface area contributed by atoms with Gasteiger partial charge in [0.25, 0.3) is 0 Å². The maximum atomic E-state index is 10.5. The average Bonchev–Trinajstić information content (AvgIpc) is 2.19. The van der Waals surface area contributed by atoms with Crippen LogP contribution in [0.3, 0.4) is 0 Å². The molecule has 0 aromatic heterocycles. The van der Waals surface area contributed by atoms with Crippen LogP contribution < -0.4 is 9.47 Å². The standard InChI is InChI=1S/C10H12O4.Na/c1-7(10(11)12)14-9-5-3-8(13-2)4-6-9;/h3-7H,1-2H3,(H,11,12);. The maximum absolute atomic E-state index is 10.5. The van der Waals surface area contributed by atoms with Gasteiger partial charge in [-0.2, -0.15) is 0 Å². The number of hydrogen-bond acceptors (Lipinski definition) is 3. The smallest absolute Gasteiger partial charge is 0.344 e. The Kier molecular flexibility index (Phi) is 6.40. The molecule has 1 aromatic rings. The number of ether oxygens (including phenoxy) is 2. The number of hydrogen-bond donors (Lipinski definition) is 1. The van der Waals surface area contributed by atoms with E-state index in [1.807, 2.05) is 0 Å². The van der Waals surface area contributed by atoms with Crippen molar-refractivity contribution in [1.82, 2.24) is 0 Å². The summed E-state index contributed by atoms with van der Waals surface area (Å²) in [5.74, 6) is 0.238. The Hall–Kier alpha value is -0.710. The van der Waals surface area contributed by atoms with E-state index in [1.165, 1.54) is 6.92 Å². The molecule has 4 nitrogen and oxygen atoms in total. The Labute approximate surface area is 110 Å². The number of benzene rings is 1. The van der Waals surface area contributed by atoms with Gasteiger partial charge in [-0.25, -0.2) is 4.79 Å². The normalized spacial score (nSPS) is 11.1. The molecule has 0 heterocycles. The van der Waals surface area contributed by atoms with Gasteiger partial charge in [0.15, 0.2) is 6.10 Å². The molecule has 0 spiro atoms. The molecule has 77 valence electrons. The molecule has 0 aliphatic heterocycles. The van der Waals surface area contributed by atoms with Crippen LogP contribution in [0.25, 0.3) is 0 Å². The van der Waals surface area contributed by atoms with Gasteiger partial charge in [-0.1, -0.05) is 0 Å². The average molecular weight is 219 g/mol. The van der Waals surface area contributed by atoms with Crippen molar-refractivity contribution in [3.63, 3.8) is 0 Å². The fourth-order valence-corrected chi connectivity index (χ4v) is 0.909. The molecule has 15 heavy (non-hydrogen) atoms. The van der Waals surface area contributed by atoms with E-state index in [9.17, 15) is 4.79 Å². The summed E-state index contributed by atoms with van der Waals surface area (Å²) in [7, 11) is 1.57. The van der Waals surface area contributed by atoms with E-state index in [0.717, 1.165) is 0 Å². The van der Waals surface area contributed by atoms with Crippen LogP contribution in [0.15, 0.2) is 24.3 Å². The minimum atomic E-state index is -0.985. The summed E-state index contributed by atoms with van der Waals surface area (Å²) in [6, 6.07) is 6.75. The van der Waals surface area contributed by atoms with E-state index in [0.29, 0.717) is 11.5 Å². The molecule has 1 atom stereocenters. The molecule has 5 heteroatoms. The number of carboxylic acids is 1. The first kappa shape index (κ1) is 14.3. The van der Waals surface area contributed by atoms with Gasteiger partial charge in [-0.3, -0.25) is 0 Å². The summed E-state index contributed by atoms with van der Waals surface area (Å²) in [5, 5.41) is 8.59. The number of aliphatic carboxylic acids is 1. The number of carboxylic acid groups (broad SMARTS) is 1. The Morgan fingerprint density at radius 2 is 1.73 bits per heavy atom. The third-order valence-electron chi connectivity index (χ3n) is 1.72. The molecule has 1 N–H and O–H groups in total. The number of carbonyl (C=O) groups is 1. The minimum absolute atomic E-state index is 0. The topological polar surface area (TPSA) is 55.8 Å². The van der Waals surface area contributed by atoms with Gasteiger partial charge in [0.2, 0.25) is 0 Å². The molecule has 0 bridgehead atoms. The first-order valence-electron chi connectivity index (χ1n) is 4.17. The fourth-order valence-electron chi connectivity index (χ4n) is 0.909. The zero-order valence-electron chi connectivity index (χ0n) is 9.06. The molecule has 0 saturated heterocycles. The van der Waals surface area contributed by atoms with E-state index >= 15 is 0 Å². The van der Waals surface area contributed by atoms with Crippen LogP contribution in [0, 0.1) is 0 Å². The molecule has 0 amide bonds. The van der Waals surface area contributed by atoms with Gasteiger partial charge < -0.3 is 14.6 Å². The molecule has 0 aliphatic rings. The Balaban J connectivity index is 0.00000196. The number of methoxy groups -OCH3 is 1. The van der Waals surface area contributed by atoms with Crippen molar-refractivity contribution < 1.29 is 19.4 Å². The first-order chi connectivity index (χ1) is 6.63. The van der Waals surface area contributed by atoms with Crippen LogP contribution in [-0.2, 0) is 4.79 Å². The monoisotopic (exact) mass is 219 g/mol. The third-order valence-corrected chi connectivity index (χ3v) is 1.72. The Bertz CT molecular complexity index is 310. The summed E-state index contributed by atoms with van der Waals surface area (Å²) in [5.41, 5.74) is 0.